The molecule has 90 valence electrons. The predicted octanol–water partition coefficient (Wildman–Crippen LogP) is 3.03. The number of pyridine rings is 1. The molecule has 0 bridgehead atoms. The molecule has 0 aliphatic carbocycles. The van der Waals surface area contributed by atoms with Gasteiger partial charge < -0.3 is 5.32 Å². The van der Waals surface area contributed by atoms with Gasteiger partial charge in [-0.3, -0.25) is 0 Å². The number of rotatable bonds is 4. The molecule has 0 fully saturated rings. The van der Waals surface area contributed by atoms with E-state index in [0.29, 0.717) is 6.54 Å². The molecule has 0 aromatic carbocycles. The van der Waals surface area contributed by atoms with Crippen LogP contribution in [0.4, 0.5) is 14.6 Å². The van der Waals surface area contributed by atoms with Crippen molar-refractivity contribution in [2.75, 3.05) is 11.9 Å². The van der Waals surface area contributed by atoms with E-state index >= 15 is 0 Å². The average molecular weight is 255 g/mol. The van der Waals surface area contributed by atoms with Crippen molar-refractivity contribution in [3.63, 3.8) is 0 Å². The van der Waals surface area contributed by atoms with E-state index in [2.05, 4.69) is 15.3 Å². The van der Waals surface area contributed by atoms with Crippen molar-refractivity contribution >= 4 is 17.2 Å². The maximum absolute atomic E-state index is 13.3. The van der Waals surface area contributed by atoms with Gasteiger partial charge >= 0.3 is 0 Å². The number of halogens is 2. The SMILES string of the molecule is CC(CNc1ncc(F)cc1F)c1nccs1. The van der Waals surface area contributed by atoms with Gasteiger partial charge in [-0.25, -0.2) is 18.7 Å². The minimum absolute atomic E-state index is 0.0646. The van der Waals surface area contributed by atoms with E-state index in [1.807, 2.05) is 12.3 Å². The van der Waals surface area contributed by atoms with Crippen LogP contribution >= 0.6 is 11.3 Å². The Morgan fingerprint density at radius 2 is 2.24 bits per heavy atom. The van der Waals surface area contributed by atoms with Gasteiger partial charge in [0, 0.05) is 30.1 Å². The molecular weight excluding hydrogens is 244 g/mol. The summed E-state index contributed by atoms with van der Waals surface area (Å²) in [5.41, 5.74) is 0. The van der Waals surface area contributed by atoms with Crippen LogP contribution in [0.25, 0.3) is 0 Å². The fraction of sp³-hybridized carbons (Fsp3) is 0.273. The van der Waals surface area contributed by atoms with E-state index in [1.54, 1.807) is 17.5 Å². The van der Waals surface area contributed by atoms with Gasteiger partial charge in [-0.1, -0.05) is 6.92 Å². The molecule has 0 radical (unpaired) electrons. The lowest BCUT2D eigenvalue weighted by Gasteiger charge is -2.10. The second-order valence-electron chi connectivity index (χ2n) is 3.64. The van der Waals surface area contributed by atoms with E-state index in [4.69, 9.17) is 0 Å². The monoisotopic (exact) mass is 255 g/mol. The molecule has 1 N–H and O–H groups in total. The summed E-state index contributed by atoms with van der Waals surface area (Å²) >= 11 is 1.55. The average Bonchev–Trinajstić information content (AvgIpc) is 2.81. The van der Waals surface area contributed by atoms with E-state index in [9.17, 15) is 8.78 Å². The van der Waals surface area contributed by atoms with Crippen LogP contribution < -0.4 is 5.32 Å². The standard InChI is InChI=1S/C11H11F2N3S/c1-7(11-14-2-3-17-11)5-15-10-9(13)4-8(12)6-16-10/h2-4,6-7H,5H2,1H3,(H,15,16). The van der Waals surface area contributed by atoms with Crippen LogP contribution in [0.5, 0.6) is 0 Å². The Morgan fingerprint density at radius 1 is 1.41 bits per heavy atom. The molecule has 1 unspecified atom stereocenters. The number of aromatic nitrogens is 2. The van der Waals surface area contributed by atoms with E-state index < -0.39 is 11.6 Å². The molecule has 17 heavy (non-hydrogen) atoms. The Kier molecular flexibility index (Phi) is 3.63. The molecule has 2 aromatic heterocycles. The van der Waals surface area contributed by atoms with Gasteiger partial charge in [-0.2, -0.15) is 0 Å². The summed E-state index contributed by atoms with van der Waals surface area (Å²) in [5, 5.41) is 5.71. The van der Waals surface area contributed by atoms with E-state index in [-0.39, 0.29) is 11.7 Å². The van der Waals surface area contributed by atoms with Crippen molar-refractivity contribution in [3.8, 4) is 0 Å². The van der Waals surface area contributed by atoms with E-state index in [1.165, 1.54) is 0 Å². The lowest BCUT2D eigenvalue weighted by atomic mass is 10.2. The van der Waals surface area contributed by atoms with Gasteiger partial charge in [0.15, 0.2) is 11.6 Å². The van der Waals surface area contributed by atoms with Crippen LogP contribution in [0.15, 0.2) is 23.8 Å². The Labute approximate surface area is 102 Å². The highest BCUT2D eigenvalue weighted by atomic mass is 32.1. The maximum atomic E-state index is 13.3. The van der Waals surface area contributed by atoms with Crippen LogP contribution in [-0.4, -0.2) is 16.5 Å². The van der Waals surface area contributed by atoms with Crippen molar-refractivity contribution in [2.45, 2.75) is 12.8 Å². The van der Waals surface area contributed by atoms with Crippen molar-refractivity contribution in [2.24, 2.45) is 0 Å². The smallest absolute Gasteiger partial charge is 0.168 e. The number of hydrogen-bond acceptors (Lipinski definition) is 4. The molecule has 2 rings (SSSR count). The van der Waals surface area contributed by atoms with Gasteiger partial charge in [-0.05, 0) is 0 Å². The molecule has 2 heterocycles. The Hall–Kier alpha value is -1.56. The lowest BCUT2D eigenvalue weighted by Crippen LogP contribution is -2.12. The van der Waals surface area contributed by atoms with Crippen molar-refractivity contribution < 1.29 is 8.78 Å². The minimum Gasteiger partial charge on any atom is -0.367 e. The normalized spacial score (nSPS) is 12.4. The maximum Gasteiger partial charge on any atom is 0.168 e. The fourth-order valence-electron chi connectivity index (χ4n) is 1.36. The summed E-state index contributed by atoms with van der Waals surface area (Å²) in [5.74, 6) is -1.14. The molecule has 6 heteroatoms. The quantitative estimate of drug-likeness (QED) is 0.912. The molecule has 0 aliphatic heterocycles. The summed E-state index contributed by atoms with van der Waals surface area (Å²) in [6.07, 6.45) is 2.71. The molecule has 1 atom stereocenters. The summed E-state index contributed by atoms with van der Waals surface area (Å²) in [6.45, 7) is 2.48. The van der Waals surface area contributed by atoms with Crippen molar-refractivity contribution in [1.29, 1.82) is 0 Å². The predicted molar refractivity (Wildman–Crippen MR) is 63.2 cm³/mol. The molecule has 0 spiro atoms. The first-order valence-electron chi connectivity index (χ1n) is 5.11. The molecule has 0 saturated carbocycles. The fourth-order valence-corrected chi connectivity index (χ4v) is 2.06. The largest absolute Gasteiger partial charge is 0.367 e. The first kappa shape index (κ1) is 11.9. The second-order valence-corrected chi connectivity index (χ2v) is 4.56. The lowest BCUT2D eigenvalue weighted by molar-refractivity contribution is 0.574. The van der Waals surface area contributed by atoms with Gasteiger partial charge in [0.1, 0.15) is 5.82 Å². The highest BCUT2D eigenvalue weighted by Crippen LogP contribution is 2.19. The van der Waals surface area contributed by atoms with Gasteiger partial charge in [0.25, 0.3) is 0 Å². The molecule has 0 saturated heterocycles. The third-order valence-corrected chi connectivity index (χ3v) is 3.26. The topological polar surface area (TPSA) is 37.8 Å². The zero-order valence-corrected chi connectivity index (χ0v) is 9.97. The number of hydrogen-bond donors (Lipinski definition) is 1. The third kappa shape index (κ3) is 2.97. The molecular formula is C11H11F2N3S. The van der Waals surface area contributed by atoms with Gasteiger partial charge in [0.05, 0.1) is 11.2 Å². The number of thiazole rings is 1. The highest BCUT2D eigenvalue weighted by Gasteiger charge is 2.10. The Morgan fingerprint density at radius 3 is 2.88 bits per heavy atom. The zero-order chi connectivity index (χ0) is 12.3. The summed E-state index contributed by atoms with van der Waals surface area (Å²) < 4.78 is 25.9. The zero-order valence-electron chi connectivity index (χ0n) is 9.15. The van der Waals surface area contributed by atoms with Crippen molar-refractivity contribution in [1.82, 2.24) is 9.97 Å². The Balaban J connectivity index is 1.98. The Bertz CT molecular complexity index is 487. The number of anilines is 1. The molecule has 2 aromatic rings. The van der Waals surface area contributed by atoms with E-state index in [0.717, 1.165) is 17.3 Å². The summed E-state index contributed by atoms with van der Waals surface area (Å²) in [7, 11) is 0. The van der Waals surface area contributed by atoms with Gasteiger partial charge in [0.2, 0.25) is 0 Å². The molecule has 3 nitrogen and oxygen atoms in total. The summed E-state index contributed by atoms with van der Waals surface area (Å²) in [4.78, 5) is 7.82. The van der Waals surface area contributed by atoms with Crippen LogP contribution in [0.3, 0.4) is 0 Å². The summed E-state index contributed by atoms with van der Waals surface area (Å²) in [6, 6.07) is 0.809. The van der Waals surface area contributed by atoms with Crippen LogP contribution in [0.1, 0.15) is 17.8 Å². The minimum atomic E-state index is -0.684. The third-order valence-electron chi connectivity index (χ3n) is 2.26. The van der Waals surface area contributed by atoms with Crippen LogP contribution in [0, 0.1) is 11.6 Å². The first-order valence-corrected chi connectivity index (χ1v) is 5.99. The second kappa shape index (κ2) is 5.18. The molecule has 0 amide bonds. The van der Waals surface area contributed by atoms with Crippen LogP contribution in [0.2, 0.25) is 0 Å². The number of nitrogens with one attached hydrogen (secondary N) is 1. The highest BCUT2D eigenvalue weighted by molar-refractivity contribution is 7.09. The van der Waals surface area contributed by atoms with Crippen LogP contribution in [-0.2, 0) is 0 Å². The molecule has 0 aliphatic rings. The van der Waals surface area contributed by atoms with Crippen molar-refractivity contribution in [3.05, 3.63) is 40.5 Å². The number of nitrogens with zero attached hydrogens (tertiary/aromatic N) is 2. The first-order chi connectivity index (χ1) is 8.16. The van der Waals surface area contributed by atoms with Gasteiger partial charge in [-0.15, -0.1) is 11.3 Å².